The number of aliphatic hydroxyl groups is 3. The molecule has 0 fully saturated rings. The number of rotatable bonds is 6. The largest absolute Gasteiger partial charge is 0.394 e. The van der Waals surface area contributed by atoms with Crippen LogP contribution in [0, 0.1) is 0 Å². The summed E-state index contributed by atoms with van der Waals surface area (Å²) in [5.74, 6) is 0. The molecule has 102 valence electrons. The lowest BCUT2D eigenvalue weighted by Gasteiger charge is -2.22. The number of aromatic nitrogens is 2. The third-order valence-corrected chi connectivity index (χ3v) is 2.52. The van der Waals surface area contributed by atoms with Crippen LogP contribution < -0.4 is 11.2 Å². The number of aromatic amines is 1. The number of H-pyrrole nitrogens is 1. The number of aliphatic hydroxyl groups excluding tert-OH is 3. The molecule has 0 aliphatic heterocycles. The van der Waals surface area contributed by atoms with Crippen molar-refractivity contribution in [2.24, 2.45) is 0 Å². The van der Waals surface area contributed by atoms with E-state index in [1.807, 2.05) is 4.98 Å². The Kier molecular flexibility index (Phi) is 5.23. The number of hydrogen-bond donors (Lipinski definition) is 4. The third kappa shape index (κ3) is 3.50. The normalized spacial score (nSPS) is 16.2. The Hall–Kier alpha value is -1.48. The summed E-state index contributed by atoms with van der Waals surface area (Å²) in [4.78, 5) is 24.2. The fraction of sp³-hybridized carbons (Fsp3) is 0.600. The average molecular weight is 260 g/mol. The number of nitrogens with zero attached hydrogens (tertiary/aromatic N) is 1. The van der Waals surface area contributed by atoms with Gasteiger partial charge in [-0.25, -0.2) is 4.79 Å². The van der Waals surface area contributed by atoms with E-state index in [2.05, 4.69) is 0 Å². The minimum Gasteiger partial charge on any atom is -0.394 e. The van der Waals surface area contributed by atoms with Gasteiger partial charge in [-0.05, 0) is 0 Å². The van der Waals surface area contributed by atoms with E-state index in [9.17, 15) is 19.8 Å². The summed E-state index contributed by atoms with van der Waals surface area (Å²) in [6.45, 7) is -0.319. The summed E-state index contributed by atoms with van der Waals surface area (Å²) in [6, 6.07) is 1.05. The van der Waals surface area contributed by atoms with Crippen molar-refractivity contribution in [1.29, 1.82) is 0 Å². The smallest absolute Gasteiger partial charge is 0.330 e. The molecular formula is C10H16N2O6. The van der Waals surface area contributed by atoms with Gasteiger partial charge in [-0.2, -0.15) is 0 Å². The van der Waals surface area contributed by atoms with Crippen LogP contribution in [0.5, 0.6) is 0 Å². The first-order chi connectivity index (χ1) is 8.49. The molecule has 8 nitrogen and oxygen atoms in total. The summed E-state index contributed by atoms with van der Waals surface area (Å²) in [6.07, 6.45) is -2.47. The fourth-order valence-corrected chi connectivity index (χ4v) is 1.46. The highest BCUT2D eigenvalue weighted by molar-refractivity contribution is 4.85. The van der Waals surface area contributed by atoms with Crippen molar-refractivity contribution in [3.8, 4) is 0 Å². The van der Waals surface area contributed by atoms with Gasteiger partial charge in [0.05, 0.1) is 12.7 Å². The molecule has 1 aromatic rings. The highest BCUT2D eigenvalue weighted by Crippen LogP contribution is 2.12. The van der Waals surface area contributed by atoms with Gasteiger partial charge in [0.15, 0.2) is 6.23 Å². The molecule has 3 atom stereocenters. The second-order valence-electron chi connectivity index (χ2n) is 3.77. The predicted octanol–water partition coefficient (Wildman–Crippen LogP) is -2.21. The molecule has 0 amide bonds. The molecule has 0 aromatic carbocycles. The zero-order chi connectivity index (χ0) is 13.7. The zero-order valence-corrected chi connectivity index (χ0v) is 9.81. The van der Waals surface area contributed by atoms with Gasteiger partial charge in [-0.15, -0.1) is 0 Å². The van der Waals surface area contributed by atoms with Crippen LogP contribution in [0.2, 0.25) is 0 Å². The third-order valence-electron chi connectivity index (χ3n) is 2.52. The molecule has 1 heterocycles. The SMILES string of the molecule is COC(CO)CC(O)C(O)n1ccc(=O)[nH]c1=O. The summed E-state index contributed by atoms with van der Waals surface area (Å²) in [5, 5.41) is 28.3. The second-order valence-corrected chi connectivity index (χ2v) is 3.77. The van der Waals surface area contributed by atoms with Crippen molar-refractivity contribution in [1.82, 2.24) is 9.55 Å². The topological polar surface area (TPSA) is 125 Å². The maximum Gasteiger partial charge on any atom is 0.330 e. The summed E-state index contributed by atoms with van der Waals surface area (Å²) < 4.78 is 5.63. The van der Waals surface area contributed by atoms with Gasteiger partial charge in [0.25, 0.3) is 5.56 Å². The first kappa shape index (κ1) is 14.6. The van der Waals surface area contributed by atoms with Crippen LogP contribution >= 0.6 is 0 Å². The highest BCUT2D eigenvalue weighted by atomic mass is 16.5. The zero-order valence-electron chi connectivity index (χ0n) is 9.81. The van der Waals surface area contributed by atoms with E-state index < -0.39 is 29.7 Å². The van der Waals surface area contributed by atoms with Crippen molar-refractivity contribution < 1.29 is 20.1 Å². The molecule has 0 radical (unpaired) electrons. The van der Waals surface area contributed by atoms with E-state index >= 15 is 0 Å². The molecule has 4 N–H and O–H groups in total. The Morgan fingerprint density at radius 2 is 2.11 bits per heavy atom. The summed E-state index contributed by atoms with van der Waals surface area (Å²) in [7, 11) is 1.35. The van der Waals surface area contributed by atoms with E-state index in [0.717, 1.165) is 16.8 Å². The Morgan fingerprint density at radius 1 is 1.44 bits per heavy atom. The van der Waals surface area contributed by atoms with Crippen molar-refractivity contribution in [3.05, 3.63) is 33.1 Å². The molecule has 0 saturated carbocycles. The Bertz CT molecular complexity index is 478. The lowest BCUT2D eigenvalue weighted by Crippen LogP contribution is -2.38. The molecule has 1 aromatic heterocycles. The standard InChI is InChI=1S/C10H16N2O6/c1-18-6(5-13)4-7(14)9(16)12-3-2-8(15)11-10(12)17/h2-3,6-7,9,13-14,16H,4-5H2,1H3,(H,11,15,17). The predicted molar refractivity (Wildman–Crippen MR) is 61.1 cm³/mol. The second kappa shape index (κ2) is 6.45. The maximum absolute atomic E-state index is 11.4. The van der Waals surface area contributed by atoms with E-state index in [4.69, 9.17) is 9.84 Å². The van der Waals surface area contributed by atoms with Crippen LogP contribution in [0.3, 0.4) is 0 Å². The minimum absolute atomic E-state index is 0.0558. The average Bonchev–Trinajstić information content (AvgIpc) is 2.34. The molecule has 3 unspecified atom stereocenters. The number of nitrogens with one attached hydrogen (secondary N) is 1. The van der Waals surface area contributed by atoms with Crippen LogP contribution in [0.4, 0.5) is 0 Å². The fourth-order valence-electron chi connectivity index (χ4n) is 1.46. The molecule has 0 saturated heterocycles. The van der Waals surface area contributed by atoms with Gasteiger partial charge in [0.1, 0.15) is 6.10 Å². The van der Waals surface area contributed by atoms with Gasteiger partial charge in [-0.3, -0.25) is 14.3 Å². The van der Waals surface area contributed by atoms with E-state index in [-0.39, 0.29) is 13.0 Å². The quantitative estimate of drug-likeness (QED) is 0.459. The lowest BCUT2D eigenvalue weighted by atomic mass is 10.1. The first-order valence-electron chi connectivity index (χ1n) is 5.30. The van der Waals surface area contributed by atoms with E-state index in [1.54, 1.807) is 0 Å². The Balaban J connectivity index is 2.83. The lowest BCUT2D eigenvalue weighted by molar-refractivity contribution is -0.0672. The van der Waals surface area contributed by atoms with Crippen LogP contribution in [0.15, 0.2) is 21.9 Å². The first-order valence-corrected chi connectivity index (χ1v) is 5.30. The monoisotopic (exact) mass is 260 g/mol. The van der Waals surface area contributed by atoms with Crippen molar-refractivity contribution in [2.45, 2.75) is 24.9 Å². The number of hydrogen-bond acceptors (Lipinski definition) is 6. The molecule has 8 heteroatoms. The molecule has 0 spiro atoms. The van der Waals surface area contributed by atoms with Crippen LogP contribution in [0.25, 0.3) is 0 Å². The number of methoxy groups -OCH3 is 1. The maximum atomic E-state index is 11.4. The highest BCUT2D eigenvalue weighted by Gasteiger charge is 2.22. The molecule has 0 aliphatic rings. The van der Waals surface area contributed by atoms with Crippen LogP contribution in [-0.2, 0) is 4.74 Å². The van der Waals surface area contributed by atoms with Crippen molar-refractivity contribution >= 4 is 0 Å². The molecule has 1 rings (SSSR count). The molecule has 0 bridgehead atoms. The van der Waals surface area contributed by atoms with E-state index in [1.165, 1.54) is 7.11 Å². The molecule has 18 heavy (non-hydrogen) atoms. The molecule has 0 aliphatic carbocycles. The van der Waals surface area contributed by atoms with Gasteiger partial charge in [-0.1, -0.05) is 0 Å². The summed E-state index contributed by atoms with van der Waals surface area (Å²) >= 11 is 0. The van der Waals surface area contributed by atoms with Gasteiger partial charge in [0.2, 0.25) is 0 Å². The van der Waals surface area contributed by atoms with Gasteiger partial charge >= 0.3 is 5.69 Å². The minimum atomic E-state index is -1.53. The van der Waals surface area contributed by atoms with Crippen molar-refractivity contribution in [3.63, 3.8) is 0 Å². The summed E-state index contributed by atoms with van der Waals surface area (Å²) in [5.41, 5.74) is -1.42. The van der Waals surface area contributed by atoms with Crippen LogP contribution in [0.1, 0.15) is 12.6 Å². The van der Waals surface area contributed by atoms with Crippen molar-refractivity contribution in [2.75, 3.05) is 13.7 Å². The van der Waals surface area contributed by atoms with Gasteiger partial charge in [0, 0.05) is 25.8 Å². The number of ether oxygens (including phenoxy) is 1. The Labute approximate surface area is 102 Å². The van der Waals surface area contributed by atoms with Crippen LogP contribution in [-0.4, -0.2) is 50.8 Å². The Morgan fingerprint density at radius 3 is 2.61 bits per heavy atom. The molecular weight excluding hydrogens is 244 g/mol. The van der Waals surface area contributed by atoms with E-state index in [0.29, 0.717) is 0 Å². The van der Waals surface area contributed by atoms with Gasteiger partial charge < -0.3 is 20.1 Å².